The van der Waals surface area contributed by atoms with Crippen molar-refractivity contribution < 1.29 is 14.3 Å². The zero-order valence-corrected chi connectivity index (χ0v) is 26.4. The van der Waals surface area contributed by atoms with Crippen molar-refractivity contribution in [2.24, 2.45) is 7.05 Å². The van der Waals surface area contributed by atoms with Crippen molar-refractivity contribution in [3.8, 4) is 0 Å². The smallest absolute Gasteiger partial charge is 0.410 e. The quantitative estimate of drug-likeness (QED) is 0.403. The molecular formula is C32H40ClN7O3. The van der Waals surface area contributed by atoms with E-state index in [4.69, 9.17) is 21.3 Å². The van der Waals surface area contributed by atoms with Crippen molar-refractivity contribution in [2.45, 2.75) is 58.3 Å². The normalized spacial score (nSPS) is 17.8. The summed E-state index contributed by atoms with van der Waals surface area (Å²) in [4.78, 5) is 39.3. The van der Waals surface area contributed by atoms with Crippen LogP contribution in [0.5, 0.6) is 0 Å². The fraction of sp³-hybridized carbons (Fsp3) is 0.438. The topological polar surface area (TPSA) is 105 Å². The molecule has 0 saturated carbocycles. The molecule has 0 bridgehead atoms. The highest BCUT2D eigenvalue weighted by Gasteiger charge is 2.36. The molecule has 5 rings (SSSR count). The Balaban J connectivity index is 1.59. The van der Waals surface area contributed by atoms with Gasteiger partial charge in [-0.05, 0) is 81.2 Å². The highest BCUT2D eigenvalue weighted by atomic mass is 35.5. The highest BCUT2D eigenvalue weighted by molar-refractivity contribution is 6.30. The van der Waals surface area contributed by atoms with E-state index in [0.717, 1.165) is 33.7 Å². The number of pyridine rings is 1. The molecule has 2 N–H and O–H groups in total. The lowest BCUT2D eigenvalue weighted by atomic mass is 9.90. The molecule has 43 heavy (non-hydrogen) atoms. The van der Waals surface area contributed by atoms with Gasteiger partial charge in [-0.3, -0.25) is 9.88 Å². The van der Waals surface area contributed by atoms with Gasteiger partial charge in [0.05, 0.1) is 42.1 Å². The van der Waals surface area contributed by atoms with Crippen molar-refractivity contribution in [1.29, 1.82) is 0 Å². The van der Waals surface area contributed by atoms with E-state index < -0.39 is 11.6 Å². The molecule has 2 unspecified atom stereocenters. The number of carbonyl (C=O) groups excluding carboxylic acids is 2. The number of urea groups is 1. The second kappa shape index (κ2) is 12.4. The van der Waals surface area contributed by atoms with Crippen molar-refractivity contribution in [1.82, 2.24) is 35.0 Å². The molecule has 11 heteroatoms. The van der Waals surface area contributed by atoms with Crippen LogP contribution in [0.2, 0.25) is 5.02 Å². The molecule has 228 valence electrons. The summed E-state index contributed by atoms with van der Waals surface area (Å²) in [7, 11) is 1.91. The minimum Gasteiger partial charge on any atom is -0.447 e. The van der Waals surface area contributed by atoms with Gasteiger partial charge in [0.25, 0.3) is 0 Å². The number of fused-ring (bicyclic) bond motifs is 2. The van der Waals surface area contributed by atoms with Crippen molar-refractivity contribution in [3.05, 3.63) is 82.2 Å². The van der Waals surface area contributed by atoms with Crippen molar-refractivity contribution in [2.75, 3.05) is 26.2 Å². The first kappa shape index (κ1) is 30.6. The molecule has 0 spiro atoms. The van der Waals surface area contributed by atoms with Crippen LogP contribution in [0, 0.1) is 0 Å². The second-order valence-corrected chi connectivity index (χ2v) is 12.8. The number of hydrogen-bond donors (Lipinski definition) is 2. The molecule has 2 aliphatic rings. The number of amides is 3. The number of piperazine rings is 1. The van der Waals surface area contributed by atoms with Crippen LogP contribution in [0.25, 0.3) is 11.6 Å². The molecule has 2 atom stereocenters. The summed E-state index contributed by atoms with van der Waals surface area (Å²) in [5, 5.41) is 6.84. The average Bonchev–Trinajstić information content (AvgIpc) is 3.30. The molecule has 1 aromatic carbocycles. The van der Waals surface area contributed by atoms with Gasteiger partial charge in [-0.2, -0.15) is 0 Å². The number of halogens is 1. The van der Waals surface area contributed by atoms with Gasteiger partial charge in [0.1, 0.15) is 0 Å². The fourth-order valence-electron chi connectivity index (χ4n) is 5.70. The number of nitrogens with zero attached hydrogens (tertiary/aromatic N) is 5. The van der Waals surface area contributed by atoms with Gasteiger partial charge in [-0.15, -0.1) is 0 Å². The Bertz CT molecular complexity index is 1520. The molecule has 3 amide bonds. The summed E-state index contributed by atoms with van der Waals surface area (Å²) >= 11 is 6.66. The monoisotopic (exact) mass is 605 g/mol. The second-order valence-electron chi connectivity index (χ2n) is 12.4. The van der Waals surface area contributed by atoms with Crippen LogP contribution in [-0.4, -0.2) is 74.3 Å². The Morgan fingerprint density at radius 3 is 2.51 bits per heavy atom. The van der Waals surface area contributed by atoms with E-state index >= 15 is 0 Å². The maximum atomic E-state index is 13.3. The van der Waals surface area contributed by atoms with Crippen LogP contribution in [0.15, 0.2) is 49.1 Å². The number of ether oxygens (including phenoxy) is 1. The zero-order valence-electron chi connectivity index (χ0n) is 25.6. The Kier molecular flexibility index (Phi) is 8.80. The molecule has 3 aromatic rings. The summed E-state index contributed by atoms with van der Waals surface area (Å²) in [6.45, 7) is 11.9. The summed E-state index contributed by atoms with van der Waals surface area (Å²) in [5.41, 5.74) is 5.06. The van der Waals surface area contributed by atoms with E-state index in [9.17, 15) is 9.59 Å². The molecular weight excluding hydrogens is 566 g/mol. The summed E-state index contributed by atoms with van der Waals surface area (Å²) in [6, 6.07) is 8.85. The first-order chi connectivity index (χ1) is 20.4. The van der Waals surface area contributed by atoms with Gasteiger partial charge in [0, 0.05) is 50.0 Å². The van der Waals surface area contributed by atoms with E-state index in [0.29, 0.717) is 31.2 Å². The van der Waals surface area contributed by atoms with Gasteiger partial charge >= 0.3 is 12.1 Å². The Hall–Kier alpha value is -3.89. The Labute approximate surface area is 258 Å². The molecule has 0 radical (unpaired) electrons. The number of nitrogens with one attached hydrogen (secondary N) is 2. The van der Waals surface area contributed by atoms with Gasteiger partial charge in [-0.25, -0.2) is 14.6 Å². The third-order valence-corrected chi connectivity index (χ3v) is 7.80. The van der Waals surface area contributed by atoms with E-state index in [1.165, 1.54) is 0 Å². The molecule has 1 fully saturated rings. The number of benzene rings is 1. The van der Waals surface area contributed by atoms with Gasteiger partial charge in [-0.1, -0.05) is 23.7 Å². The van der Waals surface area contributed by atoms with Crippen molar-refractivity contribution in [3.63, 3.8) is 0 Å². The first-order valence-electron chi connectivity index (χ1n) is 14.6. The average molecular weight is 606 g/mol. The fourth-order valence-corrected chi connectivity index (χ4v) is 5.87. The lowest BCUT2D eigenvalue weighted by Crippen LogP contribution is -2.50. The number of imidazole rings is 1. The largest absolute Gasteiger partial charge is 0.447 e. The lowest BCUT2D eigenvalue weighted by Gasteiger charge is -2.39. The minimum absolute atomic E-state index is 0.170. The van der Waals surface area contributed by atoms with Crippen LogP contribution in [0.1, 0.15) is 74.8 Å². The predicted molar refractivity (Wildman–Crippen MR) is 168 cm³/mol. The van der Waals surface area contributed by atoms with Crippen LogP contribution < -0.4 is 10.6 Å². The van der Waals surface area contributed by atoms with E-state index in [1.807, 2.05) is 70.6 Å². The van der Waals surface area contributed by atoms with Crippen LogP contribution >= 0.6 is 11.6 Å². The number of carbonyl (C=O) groups is 2. The first-order valence-corrected chi connectivity index (χ1v) is 15.0. The molecule has 1 aliphatic carbocycles. The molecule has 1 aliphatic heterocycles. The van der Waals surface area contributed by atoms with E-state index in [2.05, 4.69) is 38.7 Å². The molecule has 10 nitrogen and oxygen atoms in total. The summed E-state index contributed by atoms with van der Waals surface area (Å²) in [6.07, 6.45) is 6.95. The van der Waals surface area contributed by atoms with Crippen LogP contribution in [0.4, 0.5) is 9.59 Å². The number of rotatable bonds is 5. The maximum absolute atomic E-state index is 13.3. The number of aryl methyl sites for hydroxylation is 1. The minimum atomic E-state index is -0.540. The van der Waals surface area contributed by atoms with E-state index in [1.54, 1.807) is 17.4 Å². The molecule has 3 heterocycles. The lowest BCUT2D eigenvalue weighted by molar-refractivity contribution is 0.0513. The van der Waals surface area contributed by atoms with Crippen LogP contribution in [0.3, 0.4) is 0 Å². The third-order valence-electron chi connectivity index (χ3n) is 7.56. The number of aromatic nitrogens is 3. The van der Waals surface area contributed by atoms with Crippen molar-refractivity contribution >= 4 is 35.4 Å². The van der Waals surface area contributed by atoms with Crippen LogP contribution in [-0.2, 0) is 11.8 Å². The third kappa shape index (κ3) is 6.86. The standard InChI is InChI=1S/C32H40ClN7O3/c1-20(2)43-31(42)40-14-12-39(13-15-40)29-23-10-9-22(33)17-24(23)25(16-21-8-7-11-35-27(21)29)28(26-18-34-19-38(26)6)36-30(41)37-32(3,4)5/h7-11,16-20,28-29H,12-15H2,1-6H3,(H2,36,37,41). The highest BCUT2D eigenvalue weighted by Crippen LogP contribution is 2.44. The van der Waals surface area contributed by atoms with Gasteiger partial charge in [0.2, 0.25) is 0 Å². The summed E-state index contributed by atoms with van der Waals surface area (Å²) < 4.78 is 7.36. The van der Waals surface area contributed by atoms with E-state index in [-0.39, 0.29) is 24.3 Å². The Morgan fingerprint density at radius 2 is 1.86 bits per heavy atom. The number of hydrogen-bond acceptors (Lipinski definition) is 6. The van der Waals surface area contributed by atoms with Gasteiger partial charge in [0.15, 0.2) is 0 Å². The maximum Gasteiger partial charge on any atom is 0.410 e. The molecule has 2 aromatic heterocycles. The SMILES string of the molecule is CC(C)OC(=O)N1CCN(C2c3ccc(Cl)cc3C(C(NC(=O)NC(C)(C)C)c3cncn3C)=Cc3cccnc32)CC1. The summed E-state index contributed by atoms with van der Waals surface area (Å²) in [5.74, 6) is 0. The Morgan fingerprint density at radius 1 is 1.12 bits per heavy atom. The van der Waals surface area contributed by atoms with Gasteiger partial charge < -0.3 is 24.8 Å². The molecule has 1 saturated heterocycles. The predicted octanol–water partition coefficient (Wildman–Crippen LogP) is 5.41. The zero-order chi connectivity index (χ0) is 30.9.